The first kappa shape index (κ1) is 40.2. The number of hydrogen-bond acceptors (Lipinski definition) is 5. The van der Waals surface area contributed by atoms with Crippen LogP contribution in [0.2, 0.25) is 0 Å². The molecule has 7 heteroatoms. The van der Waals surface area contributed by atoms with E-state index in [4.69, 9.17) is 23.1 Å². The number of ether oxygens (including phenoxy) is 4. The van der Waals surface area contributed by atoms with E-state index in [9.17, 15) is 0 Å². The zero-order chi connectivity index (χ0) is 38.1. The van der Waals surface area contributed by atoms with Gasteiger partial charge in [0.05, 0.1) is 28.4 Å². The lowest BCUT2D eigenvalue weighted by molar-refractivity contribution is 0.397. The molecule has 0 heterocycles. The third-order valence-electron chi connectivity index (χ3n) is 9.28. The van der Waals surface area contributed by atoms with Gasteiger partial charge >= 0.3 is 0 Å². The van der Waals surface area contributed by atoms with E-state index in [1.54, 1.807) is 28.4 Å². The normalized spacial score (nSPS) is 12.7. The van der Waals surface area contributed by atoms with E-state index in [2.05, 4.69) is 156 Å². The maximum atomic E-state index is 7.80. The van der Waals surface area contributed by atoms with Crippen LogP contribution < -0.4 is 39.7 Å². The van der Waals surface area contributed by atoms with Crippen LogP contribution in [-0.4, -0.2) is 46.5 Å². The molecule has 0 saturated heterocycles. The van der Waals surface area contributed by atoms with Crippen LogP contribution in [0, 0.1) is 0 Å². The Kier molecular flexibility index (Phi) is 12.0. The molecular formula is C44H60O5Si2. The van der Waals surface area contributed by atoms with Gasteiger partial charge in [-0.05, 0) is 88.9 Å². The highest BCUT2D eigenvalue weighted by molar-refractivity contribution is 6.91. The summed E-state index contributed by atoms with van der Waals surface area (Å²) >= 11 is 0. The Bertz CT molecular complexity index is 1560. The summed E-state index contributed by atoms with van der Waals surface area (Å²) in [5, 5.41) is 4.69. The van der Waals surface area contributed by atoms with Gasteiger partial charge in [0.2, 0.25) is 0 Å². The first-order valence-electron chi connectivity index (χ1n) is 17.8. The van der Waals surface area contributed by atoms with Gasteiger partial charge in [0.1, 0.15) is 23.0 Å². The van der Waals surface area contributed by atoms with Crippen molar-refractivity contribution < 1.29 is 23.1 Å². The van der Waals surface area contributed by atoms with Crippen molar-refractivity contribution in [3.63, 3.8) is 0 Å². The highest BCUT2D eigenvalue weighted by Crippen LogP contribution is 2.34. The zero-order valence-electron chi connectivity index (χ0n) is 34.0. The van der Waals surface area contributed by atoms with Gasteiger partial charge in [-0.2, -0.15) is 0 Å². The molecule has 0 fully saturated rings. The second-order valence-corrected chi connectivity index (χ2v) is 21.9. The Morgan fingerprint density at radius 1 is 0.333 bits per heavy atom. The van der Waals surface area contributed by atoms with Crippen LogP contribution >= 0.6 is 0 Å². The molecule has 0 atom stereocenters. The van der Waals surface area contributed by atoms with E-state index < -0.39 is 18.1 Å². The quantitative estimate of drug-likeness (QED) is 0.156. The molecule has 0 unspecified atom stereocenters. The zero-order valence-corrected chi connectivity index (χ0v) is 36.0. The van der Waals surface area contributed by atoms with Crippen molar-refractivity contribution in [2.75, 3.05) is 28.4 Å². The molecule has 0 saturated carbocycles. The predicted molar refractivity (Wildman–Crippen MR) is 218 cm³/mol. The number of hydrogen-bond donors (Lipinski definition) is 0. The largest absolute Gasteiger partial charge is 0.496 e. The maximum absolute atomic E-state index is 7.80. The lowest BCUT2D eigenvalue weighted by Gasteiger charge is -2.30. The molecule has 0 amide bonds. The van der Waals surface area contributed by atoms with E-state index in [0.717, 1.165) is 45.3 Å². The average molecular weight is 725 g/mol. The Labute approximate surface area is 312 Å². The monoisotopic (exact) mass is 724 g/mol. The van der Waals surface area contributed by atoms with Gasteiger partial charge in [-0.1, -0.05) is 132 Å². The lowest BCUT2D eigenvalue weighted by Crippen LogP contribution is -2.56. The number of rotatable bonds is 10. The van der Waals surface area contributed by atoms with Crippen molar-refractivity contribution in [3.05, 3.63) is 95.1 Å². The highest BCUT2D eigenvalue weighted by atomic mass is 28.4. The first-order valence-corrected chi connectivity index (χ1v) is 20.6. The molecule has 2 radical (unpaired) electrons. The minimum Gasteiger partial charge on any atom is -0.496 e. The molecule has 0 aromatic heterocycles. The smallest absolute Gasteiger partial charge is 0.272 e. The molecule has 0 bridgehead atoms. The number of benzene rings is 4. The Balaban J connectivity index is 2.09. The van der Waals surface area contributed by atoms with Crippen molar-refractivity contribution in [2.24, 2.45) is 0 Å². The Morgan fingerprint density at radius 3 is 0.686 bits per heavy atom. The minimum atomic E-state index is -1.86. The Hall–Kier alpha value is -3.53. The molecule has 4 rings (SSSR count). The third-order valence-corrected chi connectivity index (χ3v) is 14.3. The fourth-order valence-corrected chi connectivity index (χ4v) is 11.8. The van der Waals surface area contributed by atoms with Crippen LogP contribution in [0.5, 0.6) is 23.0 Å². The molecule has 274 valence electrons. The van der Waals surface area contributed by atoms with Crippen LogP contribution in [0.1, 0.15) is 105 Å². The average Bonchev–Trinajstić information content (AvgIpc) is 3.06. The van der Waals surface area contributed by atoms with Gasteiger partial charge < -0.3 is 23.1 Å². The molecule has 0 N–H and O–H groups in total. The van der Waals surface area contributed by atoms with Crippen molar-refractivity contribution in [2.45, 2.75) is 105 Å². The van der Waals surface area contributed by atoms with E-state index in [1.807, 2.05) is 0 Å². The molecule has 4 aromatic carbocycles. The van der Waals surface area contributed by atoms with Crippen LogP contribution in [0.25, 0.3) is 0 Å². The molecule has 51 heavy (non-hydrogen) atoms. The van der Waals surface area contributed by atoms with Crippen LogP contribution in [0.4, 0.5) is 0 Å². The second kappa shape index (κ2) is 15.2. The van der Waals surface area contributed by atoms with Gasteiger partial charge in [0.25, 0.3) is 18.1 Å². The van der Waals surface area contributed by atoms with Crippen molar-refractivity contribution in [1.29, 1.82) is 0 Å². The fraction of sp³-hybridized carbons (Fsp3) is 0.455. The van der Waals surface area contributed by atoms with Crippen LogP contribution in [0.15, 0.2) is 72.8 Å². The summed E-state index contributed by atoms with van der Waals surface area (Å²) in [6.45, 7) is 26.8. The molecule has 0 aliphatic rings. The molecule has 0 spiro atoms. The second-order valence-electron chi connectivity index (χ2n) is 17.4. The third kappa shape index (κ3) is 9.11. The molecule has 0 aliphatic carbocycles. The number of methoxy groups -OCH3 is 4. The van der Waals surface area contributed by atoms with Gasteiger partial charge in [-0.25, -0.2) is 0 Å². The predicted octanol–water partition coefficient (Wildman–Crippen LogP) is 7.84. The fourth-order valence-electron chi connectivity index (χ4n) is 6.41. The van der Waals surface area contributed by atoms with Crippen molar-refractivity contribution in [1.82, 2.24) is 0 Å². The molecular weight excluding hydrogens is 665 g/mol. The van der Waals surface area contributed by atoms with Crippen molar-refractivity contribution >= 4 is 38.8 Å². The SMILES string of the molecule is COc1ccc([Si](O[Si](c2ccc(OC)c(C(C)(C)C)c2)c2ccc(OC)c(C(C)(C)C)c2)c2ccc(OC)c(C(C)(C)C)c2)cc1C(C)(C)C. The van der Waals surface area contributed by atoms with E-state index in [-0.39, 0.29) is 21.7 Å². The molecule has 5 nitrogen and oxygen atoms in total. The Morgan fingerprint density at radius 2 is 0.529 bits per heavy atom. The summed E-state index contributed by atoms with van der Waals surface area (Å²) in [7, 11) is 3.28. The standard InChI is InChI=1S/C44H60O5Si2/c1-41(2,3)33-25-29(17-21-37(33)45-13)50(30-18-22-38(46-14)34(26-30)42(4,5)6)49-51(31-19-23-39(47-15)35(27-31)43(7,8)9)32-20-24-40(48-16)36(28-32)44(10,11)12/h17-28H,1-16H3. The van der Waals surface area contributed by atoms with Crippen molar-refractivity contribution in [3.8, 4) is 23.0 Å². The molecule has 4 aromatic rings. The summed E-state index contributed by atoms with van der Waals surface area (Å²) in [5.41, 5.74) is 4.11. The summed E-state index contributed by atoms with van der Waals surface area (Å²) in [5.74, 6) is 3.55. The van der Waals surface area contributed by atoms with Gasteiger partial charge in [-0.3, -0.25) is 0 Å². The van der Waals surface area contributed by atoms with Gasteiger partial charge in [0, 0.05) is 0 Å². The summed E-state index contributed by atoms with van der Waals surface area (Å²) in [6.07, 6.45) is 0. The summed E-state index contributed by atoms with van der Waals surface area (Å²) < 4.78 is 31.4. The summed E-state index contributed by atoms with van der Waals surface area (Å²) in [4.78, 5) is 0. The first-order chi connectivity index (χ1) is 23.6. The van der Waals surface area contributed by atoms with E-state index >= 15 is 0 Å². The van der Waals surface area contributed by atoms with Gasteiger partial charge in [0.15, 0.2) is 0 Å². The topological polar surface area (TPSA) is 46.2 Å². The van der Waals surface area contributed by atoms with E-state index in [0.29, 0.717) is 0 Å². The van der Waals surface area contributed by atoms with Crippen LogP contribution in [-0.2, 0) is 25.8 Å². The van der Waals surface area contributed by atoms with E-state index in [1.165, 1.54) is 20.7 Å². The summed E-state index contributed by atoms with van der Waals surface area (Å²) in [6, 6.07) is 26.5. The minimum absolute atomic E-state index is 0.131. The van der Waals surface area contributed by atoms with Gasteiger partial charge in [-0.15, -0.1) is 0 Å². The maximum Gasteiger partial charge on any atom is 0.272 e. The lowest BCUT2D eigenvalue weighted by atomic mass is 9.86. The van der Waals surface area contributed by atoms with Crippen LogP contribution in [0.3, 0.4) is 0 Å². The molecule has 0 aliphatic heterocycles. The highest BCUT2D eigenvalue weighted by Gasteiger charge is 2.34.